The first-order chi connectivity index (χ1) is 10.5. The van der Waals surface area contributed by atoms with Gasteiger partial charge in [0.1, 0.15) is 0 Å². The maximum atomic E-state index is 11.9. The van der Waals surface area contributed by atoms with Gasteiger partial charge < -0.3 is 9.73 Å². The number of pyridine rings is 1. The fraction of sp³-hybridized carbons (Fsp3) is 0.647. The van der Waals surface area contributed by atoms with Crippen LogP contribution < -0.4 is 11.1 Å². The minimum absolute atomic E-state index is 0.326. The second-order valence-electron chi connectivity index (χ2n) is 7.29. The van der Waals surface area contributed by atoms with Crippen LogP contribution in [-0.2, 0) is 6.54 Å². The summed E-state index contributed by atoms with van der Waals surface area (Å²) >= 11 is 0. The largest absolute Gasteiger partial charge is 0.421 e. The Morgan fingerprint density at radius 2 is 2.32 bits per heavy atom. The fourth-order valence-corrected chi connectivity index (χ4v) is 3.71. The molecule has 1 fully saturated rings. The van der Waals surface area contributed by atoms with Crippen LogP contribution in [0.3, 0.4) is 0 Å². The lowest BCUT2D eigenvalue weighted by Gasteiger charge is -2.39. The molecular weight excluding hydrogens is 278 g/mol. The minimum Gasteiger partial charge on any atom is -0.406 e. The highest BCUT2D eigenvalue weighted by molar-refractivity contribution is 5.67. The molecule has 1 aliphatic rings. The Morgan fingerprint density at radius 3 is 3.09 bits per heavy atom. The molecule has 5 nitrogen and oxygen atoms in total. The molecule has 0 bridgehead atoms. The summed E-state index contributed by atoms with van der Waals surface area (Å²) in [6.07, 6.45) is 5.39. The van der Waals surface area contributed by atoms with Crippen molar-refractivity contribution in [2.75, 3.05) is 6.54 Å². The summed E-state index contributed by atoms with van der Waals surface area (Å²) in [6.45, 7) is 8.38. The maximum absolute atomic E-state index is 11.9. The van der Waals surface area contributed by atoms with Crippen LogP contribution in [0.2, 0.25) is 0 Å². The first-order valence-electron chi connectivity index (χ1n) is 8.14. The van der Waals surface area contributed by atoms with Gasteiger partial charge in [-0.3, -0.25) is 4.57 Å². The number of hydrogen-bond donors (Lipinski definition) is 1. The van der Waals surface area contributed by atoms with E-state index in [1.807, 2.05) is 0 Å². The Balaban J connectivity index is 1.61. The predicted octanol–water partition coefficient (Wildman–Crippen LogP) is 2.79. The smallest absolute Gasteiger partial charge is 0.406 e. The van der Waals surface area contributed by atoms with Crippen molar-refractivity contribution >= 4 is 11.2 Å². The third-order valence-corrected chi connectivity index (χ3v) is 4.86. The number of nitrogens with zero attached hydrogens (tertiary/aromatic N) is 2. The lowest BCUT2D eigenvalue weighted by atomic mass is 9.70. The molecule has 0 amide bonds. The molecule has 5 heteroatoms. The summed E-state index contributed by atoms with van der Waals surface area (Å²) in [5, 5.41) is 3.61. The molecule has 1 aliphatic carbocycles. The molecule has 0 spiro atoms. The molecule has 2 aromatic rings. The van der Waals surface area contributed by atoms with Crippen molar-refractivity contribution in [1.82, 2.24) is 14.9 Å². The fourth-order valence-electron chi connectivity index (χ4n) is 3.71. The molecule has 2 atom stereocenters. The first-order valence-corrected chi connectivity index (χ1v) is 8.14. The Bertz CT molecular complexity index is 701. The van der Waals surface area contributed by atoms with Crippen molar-refractivity contribution in [3.05, 3.63) is 28.9 Å². The van der Waals surface area contributed by atoms with Crippen LogP contribution in [0.5, 0.6) is 0 Å². The zero-order valence-electron chi connectivity index (χ0n) is 13.6. The van der Waals surface area contributed by atoms with Gasteiger partial charge in [-0.15, -0.1) is 0 Å². The number of hydrogen-bond acceptors (Lipinski definition) is 4. The monoisotopic (exact) mass is 303 g/mol. The molecule has 0 radical (unpaired) electrons. The van der Waals surface area contributed by atoms with Gasteiger partial charge >= 0.3 is 5.76 Å². The molecule has 120 valence electrons. The molecule has 22 heavy (non-hydrogen) atoms. The molecule has 0 aliphatic heterocycles. The van der Waals surface area contributed by atoms with Gasteiger partial charge in [-0.05, 0) is 42.7 Å². The van der Waals surface area contributed by atoms with E-state index in [1.165, 1.54) is 19.3 Å². The van der Waals surface area contributed by atoms with E-state index in [9.17, 15) is 4.79 Å². The van der Waals surface area contributed by atoms with E-state index >= 15 is 0 Å². The highest BCUT2D eigenvalue weighted by Gasteiger charge is 2.31. The Labute approximate surface area is 130 Å². The first kappa shape index (κ1) is 15.3. The molecule has 0 aromatic carbocycles. The van der Waals surface area contributed by atoms with Gasteiger partial charge in [-0.2, -0.15) is 0 Å². The summed E-state index contributed by atoms with van der Waals surface area (Å²) in [5.74, 6) is 0.341. The highest BCUT2D eigenvalue weighted by atomic mass is 16.4. The zero-order chi connectivity index (χ0) is 15.7. The molecular formula is C17H25N3O2. The number of nitrogens with one attached hydrogen (secondary N) is 1. The third-order valence-electron chi connectivity index (χ3n) is 4.86. The standard InChI is InChI=1S/C17H25N3O2/c1-12-11-17(2,3)7-6-13(12)18-9-10-20-15-14(22-16(20)21)5-4-8-19-15/h4-5,8,12-13,18H,6-7,9-11H2,1-3H3/t12-,13+/m0/s1. The molecule has 1 N–H and O–H groups in total. The van der Waals surface area contributed by atoms with Crippen LogP contribution in [0.15, 0.2) is 27.5 Å². The Hall–Kier alpha value is -1.62. The van der Waals surface area contributed by atoms with Gasteiger partial charge in [0.25, 0.3) is 0 Å². The molecule has 1 saturated carbocycles. The van der Waals surface area contributed by atoms with E-state index in [2.05, 4.69) is 31.1 Å². The Morgan fingerprint density at radius 1 is 1.50 bits per heavy atom. The summed E-state index contributed by atoms with van der Waals surface area (Å²) in [4.78, 5) is 16.1. The Kier molecular flexibility index (Phi) is 4.08. The van der Waals surface area contributed by atoms with E-state index in [-0.39, 0.29) is 5.76 Å². The average Bonchev–Trinajstić information content (AvgIpc) is 2.77. The zero-order valence-corrected chi connectivity index (χ0v) is 13.6. The van der Waals surface area contributed by atoms with E-state index < -0.39 is 0 Å². The summed E-state index contributed by atoms with van der Waals surface area (Å²) in [5.41, 5.74) is 1.64. The predicted molar refractivity (Wildman–Crippen MR) is 86.9 cm³/mol. The van der Waals surface area contributed by atoms with Crippen LogP contribution in [0, 0.1) is 11.3 Å². The van der Waals surface area contributed by atoms with Crippen molar-refractivity contribution < 1.29 is 4.42 Å². The average molecular weight is 303 g/mol. The lowest BCUT2D eigenvalue weighted by Crippen LogP contribution is -2.43. The van der Waals surface area contributed by atoms with Crippen molar-refractivity contribution in [1.29, 1.82) is 0 Å². The van der Waals surface area contributed by atoms with Crippen LogP contribution in [0.25, 0.3) is 11.2 Å². The minimum atomic E-state index is -0.326. The summed E-state index contributed by atoms with van der Waals surface area (Å²) in [7, 11) is 0. The van der Waals surface area contributed by atoms with Gasteiger partial charge in [-0.25, -0.2) is 9.78 Å². The number of oxazole rings is 1. The van der Waals surface area contributed by atoms with Gasteiger partial charge in [0.05, 0.1) is 0 Å². The van der Waals surface area contributed by atoms with Crippen molar-refractivity contribution in [3.63, 3.8) is 0 Å². The van der Waals surface area contributed by atoms with Gasteiger partial charge in [-0.1, -0.05) is 20.8 Å². The molecule has 2 aromatic heterocycles. The van der Waals surface area contributed by atoms with Crippen molar-refractivity contribution in [3.8, 4) is 0 Å². The van der Waals surface area contributed by atoms with Gasteiger partial charge in [0, 0.05) is 25.3 Å². The highest BCUT2D eigenvalue weighted by Crippen LogP contribution is 2.38. The normalized spacial score (nSPS) is 24.7. The van der Waals surface area contributed by atoms with Crippen LogP contribution in [0.1, 0.15) is 40.0 Å². The van der Waals surface area contributed by atoms with Gasteiger partial charge in [0.15, 0.2) is 11.2 Å². The number of rotatable bonds is 4. The van der Waals surface area contributed by atoms with Crippen molar-refractivity contribution in [2.45, 2.75) is 52.6 Å². The second-order valence-corrected chi connectivity index (χ2v) is 7.29. The van der Waals surface area contributed by atoms with E-state index in [0.29, 0.717) is 35.1 Å². The van der Waals surface area contributed by atoms with Gasteiger partial charge in [0.2, 0.25) is 0 Å². The quantitative estimate of drug-likeness (QED) is 0.943. The van der Waals surface area contributed by atoms with E-state index in [1.54, 1.807) is 22.9 Å². The number of aromatic nitrogens is 2. The van der Waals surface area contributed by atoms with Crippen LogP contribution in [-0.4, -0.2) is 22.1 Å². The summed E-state index contributed by atoms with van der Waals surface area (Å²) in [6, 6.07) is 4.09. The topological polar surface area (TPSA) is 60.1 Å². The molecule has 0 saturated heterocycles. The maximum Gasteiger partial charge on any atom is 0.421 e. The van der Waals surface area contributed by atoms with Crippen molar-refractivity contribution in [2.24, 2.45) is 11.3 Å². The lowest BCUT2D eigenvalue weighted by molar-refractivity contribution is 0.148. The van der Waals surface area contributed by atoms with Crippen LogP contribution in [0.4, 0.5) is 0 Å². The number of fused-ring (bicyclic) bond motifs is 1. The second kappa shape index (κ2) is 5.88. The SMILES string of the molecule is C[C@H]1CC(C)(C)CC[C@H]1NCCn1c(=O)oc2cccnc21. The third kappa shape index (κ3) is 3.09. The molecule has 2 heterocycles. The summed E-state index contributed by atoms with van der Waals surface area (Å²) < 4.78 is 6.82. The van der Waals surface area contributed by atoms with E-state index in [4.69, 9.17) is 4.42 Å². The van der Waals surface area contributed by atoms with E-state index in [0.717, 1.165) is 6.54 Å². The molecule has 3 rings (SSSR count). The molecule has 0 unspecified atom stereocenters. The van der Waals surface area contributed by atoms with Crippen LogP contribution >= 0.6 is 0 Å².